The number of nitrogens with zero attached hydrogens (tertiary/aromatic N) is 2. The topological polar surface area (TPSA) is 25.8 Å². The number of benzene rings is 8. The predicted molar refractivity (Wildman–Crippen MR) is 194 cm³/mol. The van der Waals surface area contributed by atoms with Crippen LogP contribution in [0.4, 0.5) is 0 Å². The molecule has 2 nitrogen and oxygen atoms in total. The Labute approximate surface area is 267 Å². The predicted octanol–water partition coefficient (Wildman–Crippen LogP) is 11.8. The number of fused-ring (bicyclic) bond motifs is 5. The van der Waals surface area contributed by atoms with Crippen molar-refractivity contribution in [2.24, 2.45) is 0 Å². The van der Waals surface area contributed by atoms with Crippen molar-refractivity contribution < 1.29 is 0 Å². The monoisotopic (exact) mass is 584 g/mol. The van der Waals surface area contributed by atoms with E-state index in [-0.39, 0.29) is 0 Å². The van der Waals surface area contributed by atoms with Crippen molar-refractivity contribution in [1.82, 2.24) is 9.97 Å². The van der Waals surface area contributed by atoms with Gasteiger partial charge in [0.2, 0.25) is 0 Å². The SMILES string of the molecule is c1ccc(-c2ccccc2-c2cc(-c3ccc4ccccc4c3)nc(-c3c4ccccc4cc4c3ccc3ccccc34)n2)cc1. The van der Waals surface area contributed by atoms with E-state index >= 15 is 0 Å². The zero-order valence-electron chi connectivity index (χ0n) is 25.1. The largest absolute Gasteiger partial charge is 0.228 e. The maximum Gasteiger partial charge on any atom is 0.161 e. The normalized spacial score (nSPS) is 11.5. The van der Waals surface area contributed by atoms with Crippen molar-refractivity contribution in [3.05, 3.63) is 170 Å². The molecule has 0 fully saturated rings. The second-order valence-corrected chi connectivity index (χ2v) is 11.8. The first-order chi connectivity index (χ1) is 22.8. The van der Waals surface area contributed by atoms with E-state index < -0.39 is 0 Å². The Morgan fingerprint density at radius 2 is 0.935 bits per heavy atom. The summed E-state index contributed by atoms with van der Waals surface area (Å²) < 4.78 is 0. The van der Waals surface area contributed by atoms with Gasteiger partial charge in [-0.1, -0.05) is 152 Å². The molecule has 0 amide bonds. The molecule has 0 unspecified atom stereocenters. The second kappa shape index (κ2) is 10.8. The van der Waals surface area contributed by atoms with Crippen LogP contribution in [0.15, 0.2) is 170 Å². The molecule has 0 radical (unpaired) electrons. The molecule has 1 aromatic heterocycles. The molecule has 0 aliphatic carbocycles. The Morgan fingerprint density at radius 1 is 0.304 bits per heavy atom. The standard InChI is InChI=1S/C44H28N2/c1-2-13-30(14-3-1)35-18-10-11-21-38(35)42-28-41(34-23-22-29-12-4-5-16-32(29)26-34)45-44(46-42)43-37-20-9-7-17-33(37)27-40-36-19-8-6-15-31(36)24-25-39(40)43/h1-28H. The zero-order chi connectivity index (χ0) is 30.5. The smallest absolute Gasteiger partial charge is 0.161 e. The highest BCUT2D eigenvalue weighted by Gasteiger charge is 2.18. The number of aromatic nitrogens is 2. The van der Waals surface area contributed by atoms with Crippen LogP contribution >= 0.6 is 0 Å². The highest BCUT2D eigenvalue weighted by atomic mass is 14.9. The van der Waals surface area contributed by atoms with Crippen molar-refractivity contribution in [3.8, 4) is 45.0 Å². The molecule has 0 saturated heterocycles. The minimum Gasteiger partial charge on any atom is -0.228 e. The molecule has 0 saturated carbocycles. The zero-order valence-corrected chi connectivity index (χ0v) is 25.1. The van der Waals surface area contributed by atoms with E-state index in [9.17, 15) is 0 Å². The first-order valence-electron chi connectivity index (χ1n) is 15.7. The fourth-order valence-electron chi connectivity index (χ4n) is 6.83. The van der Waals surface area contributed by atoms with Crippen LogP contribution in [-0.4, -0.2) is 9.97 Å². The molecular formula is C44H28N2. The van der Waals surface area contributed by atoms with Gasteiger partial charge in [-0.2, -0.15) is 0 Å². The van der Waals surface area contributed by atoms with Crippen LogP contribution in [-0.2, 0) is 0 Å². The first-order valence-corrected chi connectivity index (χ1v) is 15.7. The van der Waals surface area contributed by atoms with E-state index in [0.717, 1.165) is 55.8 Å². The molecule has 9 aromatic rings. The van der Waals surface area contributed by atoms with Gasteiger partial charge >= 0.3 is 0 Å². The van der Waals surface area contributed by atoms with E-state index in [0.29, 0.717) is 0 Å². The lowest BCUT2D eigenvalue weighted by Crippen LogP contribution is -1.98. The van der Waals surface area contributed by atoms with Gasteiger partial charge in [0.15, 0.2) is 5.82 Å². The van der Waals surface area contributed by atoms with Gasteiger partial charge < -0.3 is 0 Å². The van der Waals surface area contributed by atoms with Gasteiger partial charge in [0.1, 0.15) is 0 Å². The van der Waals surface area contributed by atoms with Crippen LogP contribution < -0.4 is 0 Å². The van der Waals surface area contributed by atoms with E-state index in [4.69, 9.17) is 9.97 Å². The summed E-state index contributed by atoms with van der Waals surface area (Å²) in [5.74, 6) is 0.723. The van der Waals surface area contributed by atoms with E-state index in [1.54, 1.807) is 0 Å². The van der Waals surface area contributed by atoms with Crippen LogP contribution in [0.25, 0.3) is 88.1 Å². The third-order valence-corrected chi connectivity index (χ3v) is 9.05. The second-order valence-electron chi connectivity index (χ2n) is 11.8. The Hall–Kier alpha value is -6.12. The van der Waals surface area contributed by atoms with Crippen molar-refractivity contribution in [2.45, 2.75) is 0 Å². The highest BCUT2D eigenvalue weighted by Crippen LogP contribution is 2.40. The molecular weight excluding hydrogens is 556 g/mol. The molecule has 0 spiro atoms. The van der Waals surface area contributed by atoms with Crippen molar-refractivity contribution in [3.63, 3.8) is 0 Å². The Morgan fingerprint density at radius 3 is 1.78 bits per heavy atom. The van der Waals surface area contributed by atoms with Crippen molar-refractivity contribution >= 4 is 43.1 Å². The summed E-state index contributed by atoms with van der Waals surface area (Å²) in [6.45, 7) is 0. The lowest BCUT2D eigenvalue weighted by Gasteiger charge is -2.16. The van der Waals surface area contributed by atoms with Crippen molar-refractivity contribution in [2.75, 3.05) is 0 Å². The highest BCUT2D eigenvalue weighted by molar-refractivity contribution is 6.19. The third-order valence-electron chi connectivity index (χ3n) is 9.05. The number of hydrogen-bond donors (Lipinski definition) is 0. The summed E-state index contributed by atoms with van der Waals surface area (Å²) in [6, 6.07) is 60.3. The minimum atomic E-state index is 0.723. The molecule has 0 N–H and O–H groups in total. The molecule has 8 aromatic carbocycles. The first kappa shape index (κ1) is 26.3. The summed E-state index contributed by atoms with van der Waals surface area (Å²) in [5, 5.41) is 9.52. The van der Waals surface area contributed by atoms with Gasteiger partial charge in [0, 0.05) is 16.7 Å². The summed E-state index contributed by atoms with van der Waals surface area (Å²) in [5.41, 5.74) is 7.30. The lowest BCUT2D eigenvalue weighted by atomic mass is 9.92. The van der Waals surface area contributed by atoms with E-state index in [2.05, 4.69) is 170 Å². The lowest BCUT2D eigenvalue weighted by molar-refractivity contribution is 1.19. The van der Waals surface area contributed by atoms with Gasteiger partial charge in [0.05, 0.1) is 11.4 Å². The maximum atomic E-state index is 5.42. The fourth-order valence-corrected chi connectivity index (χ4v) is 6.83. The van der Waals surface area contributed by atoms with Gasteiger partial charge in [-0.15, -0.1) is 0 Å². The van der Waals surface area contributed by atoms with Crippen LogP contribution in [0.5, 0.6) is 0 Å². The molecule has 0 bridgehead atoms. The molecule has 0 aliphatic heterocycles. The molecule has 0 atom stereocenters. The Kier molecular flexibility index (Phi) is 6.17. The number of hydrogen-bond acceptors (Lipinski definition) is 2. The maximum absolute atomic E-state index is 5.42. The summed E-state index contributed by atoms with van der Waals surface area (Å²) >= 11 is 0. The number of rotatable bonds is 4. The summed E-state index contributed by atoms with van der Waals surface area (Å²) in [7, 11) is 0. The molecule has 9 rings (SSSR count). The van der Waals surface area contributed by atoms with Gasteiger partial charge in [0.25, 0.3) is 0 Å². The Bertz CT molecular complexity index is 2580. The average molecular weight is 585 g/mol. The molecule has 2 heteroatoms. The molecule has 214 valence electrons. The average Bonchev–Trinajstić information content (AvgIpc) is 3.13. The molecule has 46 heavy (non-hydrogen) atoms. The Balaban J connectivity index is 1.38. The van der Waals surface area contributed by atoms with Crippen molar-refractivity contribution in [1.29, 1.82) is 0 Å². The summed E-state index contributed by atoms with van der Waals surface area (Å²) in [6.07, 6.45) is 0. The van der Waals surface area contributed by atoms with E-state index in [1.807, 2.05) is 0 Å². The molecule has 1 heterocycles. The van der Waals surface area contributed by atoms with Gasteiger partial charge in [-0.3, -0.25) is 0 Å². The fraction of sp³-hybridized carbons (Fsp3) is 0. The van der Waals surface area contributed by atoms with Crippen LogP contribution in [0.3, 0.4) is 0 Å². The van der Waals surface area contributed by atoms with Crippen LogP contribution in [0, 0.1) is 0 Å². The van der Waals surface area contributed by atoms with E-state index in [1.165, 1.54) is 32.3 Å². The minimum absolute atomic E-state index is 0.723. The quantitative estimate of drug-likeness (QED) is 0.152. The third kappa shape index (κ3) is 4.43. The van der Waals surface area contributed by atoms with Crippen LogP contribution in [0.2, 0.25) is 0 Å². The van der Waals surface area contributed by atoms with Gasteiger partial charge in [-0.05, 0) is 72.4 Å². The molecule has 0 aliphatic rings. The van der Waals surface area contributed by atoms with Crippen LogP contribution in [0.1, 0.15) is 0 Å². The summed E-state index contributed by atoms with van der Waals surface area (Å²) in [4.78, 5) is 10.8. The van der Waals surface area contributed by atoms with Gasteiger partial charge in [-0.25, -0.2) is 9.97 Å².